The standard InChI is InChI=1S/C25H20ClNO6S/c1-31-18-6-4-14(11-17(18)26)22-21(24(29)25(30)27(22)13-16-3-2-10-34-16)23(28)15-5-7-19-20(12-15)33-9-8-32-19/h2-7,10-12,22,28H,8-9,13H2,1H3/b23-21+. The number of nitrogens with zero attached hydrogens (tertiary/aromatic N) is 1. The molecule has 1 N–H and O–H groups in total. The van der Waals surface area contributed by atoms with Gasteiger partial charge in [0.1, 0.15) is 24.7 Å². The van der Waals surface area contributed by atoms with E-state index in [0.717, 1.165) is 4.88 Å². The highest BCUT2D eigenvalue weighted by molar-refractivity contribution is 7.09. The highest BCUT2D eigenvalue weighted by atomic mass is 35.5. The van der Waals surface area contributed by atoms with Crippen LogP contribution in [0.15, 0.2) is 59.5 Å². The van der Waals surface area contributed by atoms with Crippen molar-refractivity contribution in [3.63, 3.8) is 0 Å². The Morgan fingerprint density at radius 2 is 1.94 bits per heavy atom. The molecule has 2 aliphatic rings. The quantitative estimate of drug-likeness (QED) is 0.309. The van der Waals surface area contributed by atoms with Crippen molar-refractivity contribution in [3.05, 3.63) is 80.5 Å². The van der Waals surface area contributed by atoms with Crippen LogP contribution in [0.25, 0.3) is 5.76 Å². The molecule has 9 heteroatoms. The summed E-state index contributed by atoms with van der Waals surface area (Å²) in [6.45, 7) is 1.03. The molecule has 1 amide bonds. The minimum atomic E-state index is -0.835. The van der Waals surface area contributed by atoms with Crippen LogP contribution in [0.4, 0.5) is 0 Å². The van der Waals surface area contributed by atoms with Crippen LogP contribution < -0.4 is 14.2 Å². The summed E-state index contributed by atoms with van der Waals surface area (Å²) in [5.74, 6) is -0.259. The summed E-state index contributed by atoms with van der Waals surface area (Å²) in [6.07, 6.45) is 0. The zero-order chi connectivity index (χ0) is 23.8. The van der Waals surface area contributed by atoms with Crippen LogP contribution in [0.1, 0.15) is 22.0 Å². The highest BCUT2D eigenvalue weighted by Gasteiger charge is 2.46. The molecular weight excluding hydrogens is 478 g/mol. The Labute approximate surface area is 204 Å². The lowest BCUT2D eigenvalue weighted by Crippen LogP contribution is -2.28. The summed E-state index contributed by atoms with van der Waals surface area (Å²) in [7, 11) is 1.51. The number of methoxy groups -OCH3 is 1. The first-order valence-electron chi connectivity index (χ1n) is 10.5. The number of aliphatic hydroxyl groups excluding tert-OH is 1. The van der Waals surface area contributed by atoms with E-state index in [4.69, 9.17) is 25.8 Å². The second-order valence-electron chi connectivity index (χ2n) is 7.76. The molecule has 0 aliphatic carbocycles. The van der Waals surface area contributed by atoms with Crippen molar-refractivity contribution in [2.45, 2.75) is 12.6 Å². The molecule has 174 valence electrons. The average molecular weight is 498 g/mol. The van der Waals surface area contributed by atoms with E-state index in [9.17, 15) is 14.7 Å². The molecule has 0 saturated carbocycles. The van der Waals surface area contributed by atoms with E-state index in [-0.39, 0.29) is 17.9 Å². The molecule has 0 radical (unpaired) electrons. The molecule has 3 heterocycles. The molecule has 2 aromatic carbocycles. The predicted octanol–water partition coefficient (Wildman–Crippen LogP) is 4.80. The van der Waals surface area contributed by atoms with Crippen molar-refractivity contribution >= 4 is 40.4 Å². The Hall–Kier alpha value is -3.49. The molecule has 1 atom stereocenters. The largest absolute Gasteiger partial charge is 0.507 e. The Morgan fingerprint density at radius 3 is 2.65 bits per heavy atom. The fourth-order valence-corrected chi connectivity index (χ4v) is 5.13. The van der Waals surface area contributed by atoms with Gasteiger partial charge in [-0.2, -0.15) is 0 Å². The molecule has 1 unspecified atom stereocenters. The average Bonchev–Trinajstić information content (AvgIpc) is 3.45. The third-order valence-electron chi connectivity index (χ3n) is 5.75. The Kier molecular flexibility index (Phi) is 5.93. The van der Waals surface area contributed by atoms with Crippen LogP contribution >= 0.6 is 22.9 Å². The van der Waals surface area contributed by atoms with Gasteiger partial charge in [-0.05, 0) is 47.3 Å². The van der Waals surface area contributed by atoms with Gasteiger partial charge in [0, 0.05) is 10.4 Å². The number of amides is 1. The molecule has 2 aliphatic heterocycles. The summed E-state index contributed by atoms with van der Waals surface area (Å²) < 4.78 is 16.4. The van der Waals surface area contributed by atoms with E-state index in [1.54, 1.807) is 36.4 Å². The number of halogens is 1. The van der Waals surface area contributed by atoms with Crippen molar-refractivity contribution in [2.75, 3.05) is 20.3 Å². The highest BCUT2D eigenvalue weighted by Crippen LogP contribution is 2.43. The number of carbonyl (C=O) groups excluding carboxylic acids is 2. The second-order valence-corrected chi connectivity index (χ2v) is 9.20. The van der Waals surface area contributed by atoms with Gasteiger partial charge in [0.25, 0.3) is 11.7 Å². The number of benzene rings is 2. The van der Waals surface area contributed by atoms with Gasteiger partial charge < -0.3 is 24.2 Å². The minimum absolute atomic E-state index is 0.0144. The number of likely N-dealkylation sites (tertiary alicyclic amines) is 1. The van der Waals surface area contributed by atoms with Gasteiger partial charge >= 0.3 is 0 Å². The first kappa shape index (κ1) is 22.3. The molecule has 0 bridgehead atoms. The third-order valence-corrected chi connectivity index (χ3v) is 6.91. The van der Waals surface area contributed by atoms with E-state index in [0.29, 0.717) is 46.6 Å². The monoisotopic (exact) mass is 497 g/mol. The smallest absolute Gasteiger partial charge is 0.295 e. The normalized spacial score (nSPS) is 18.9. The SMILES string of the molecule is COc1ccc(C2/C(=C(\O)c3ccc4c(c3)OCCO4)C(=O)C(=O)N2Cc2cccs2)cc1Cl. The maximum absolute atomic E-state index is 13.2. The van der Waals surface area contributed by atoms with Gasteiger partial charge in [0.2, 0.25) is 0 Å². The summed E-state index contributed by atoms with van der Waals surface area (Å²) in [5, 5.41) is 13.5. The van der Waals surface area contributed by atoms with Crippen molar-refractivity contribution in [2.24, 2.45) is 0 Å². The van der Waals surface area contributed by atoms with E-state index in [1.807, 2.05) is 17.5 Å². The predicted molar refractivity (Wildman–Crippen MR) is 128 cm³/mol. The molecule has 7 nitrogen and oxygen atoms in total. The molecule has 34 heavy (non-hydrogen) atoms. The summed E-state index contributed by atoms with van der Waals surface area (Å²) in [5.41, 5.74) is 0.920. The zero-order valence-corrected chi connectivity index (χ0v) is 19.7. The van der Waals surface area contributed by atoms with Gasteiger partial charge in [-0.25, -0.2) is 0 Å². The number of ketones is 1. The van der Waals surface area contributed by atoms with Crippen molar-refractivity contribution in [3.8, 4) is 17.2 Å². The molecule has 3 aromatic rings. The van der Waals surface area contributed by atoms with Crippen LogP contribution in [-0.2, 0) is 16.1 Å². The van der Waals surface area contributed by atoms with Crippen LogP contribution in [0.2, 0.25) is 5.02 Å². The number of hydrogen-bond donors (Lipinski definition) is 1. The number of Topliss-reactive ketones (excluding diaryl/α,β-unsaturated/α-hetero) is 1. The number of fused-ring (bicyclic) bond motifs is 1. The van der Waals surface area contributed by atoms with Crippen molar-refractivity contribution < 1.29 is 28.9 Å². The Balaban J connectivity index is 1.65. The summed E-state index contributed by atoms with van der Waals surface area (Å²) in [4.78, 5) is 28.7. The zero-order valence-electron chi connectivity index (χ0n) is 18.1. The fraction of sp³-hybridized carbons (Fsp3) is 0.200. The number of thiophene rings is 1. The van der Waals surface area contributed by atoms with Gasteiger partial charge in [-0.1, -0.05) is 23.7 Å². The molecule has 1 aromatic heterocycles. The van der Waals surface area contributed by atoms with Gasteiger partial charge in [0.15, 0.2) is 11.5 Å². The van der Waals surface area contributed by atoms with Crippen LogP contribution in [0, 0.1) is 0 Å². The Morgan fingerprint density at radius 1 is 1.15 bits per heavy atom. The lowest BCUT2D eigenvalue weighted by Gasteiger charge is -2.25. The lowest BCUT2D eigenvalue weighted by molar-refractivity contribution is -0.140. The minimum Gasteiger partial charge on any atom is -0.507 e. The lowest BCUT2D eigenvalue weighted by atomic mass is 9.95. The van der Waals surface area contributed by atoms with Crippen LogP contribution in [0.5, 0.6) is 17.2 Å². The van der Waals surface area contributed by atoms with Crippen molar-refractivity contribution in [1.82, 2.24) is 4.90 Å². The van der Waals surface area contributed by atoms with E-state index in [2.05, 4.69) is 0 Å². The van der Waals surface area contributed by atoms with E-state index in [1.165, 1.54) is 23.3 Å². The number of rotatable bonds is 5. The first-order valence-corrected chi connectivity index (χ1v) is 11.8. The van der Waals surface area contributed by atoms with Gasteiger partial charge in [0.05, 0.1) is 30.3 Å². The summed E-state index contributed by atoms with van der Waals surface area (Å²) in [6, 6.07) is 12.9. The molecular formula is C25H20ClNO6S. The molecule has 5 rings (SSSR count). The Bertz CT molecular complexity index is 1300. The van der Waals surface area contributed by atoms with Crippen molar-refractivity contribution in [1.29, 1.82) is 0 Å². The number of ether oxygens (including phenoxy) is 3. The number of hydrogen-bond acceptors (Lipinski definition) is 7. The molecule has 1 fully saturated rings. The topological polar surface area (TPSA) is 85.3 Å². The van der Waals surface area contributed by atoms with Gasteiger partial charge in [-0.15, -0.1) is 11.3 Å². The maximum atomic E-state index is 13.2. The number of aliphatic hydroxyl groups is 1. The third kappa shape index (κ3) is 3.89. The van der Waals surface area contributed by atoms with E-state index >= 15 is 0 Å². The molecule has 1 saturated heterocycles. The molecule has 0 spiro atoms. The second kappa shape index (κ2) is 9.04. The number of carbonyl (C=O) groups is 2. The van der Waals surface area contributed by atoms with E-state index < -0.39 is 17.7 Å². The van der Waals surface area contributed by atoms with Gasteiger partial charge in [-0.3, -0.25) is 9.59 Å². The van der Waals surface area contributed by atoms with Crippen LogP contribution in [0.3, 0.4) is 0 Å². The maximum Gasteiger partial charge on any atom is 0.295 e. The first-order chi connectivity index (χ1) is 16.5. The van der Waals surface area contributed by atoms with Crippen LogP contribution in [-0.4, -0.2) is 42.0 Å². The fourth-order valence-electron chi connectivity index (χ4n) is 4.16. The summed E-state index contributed by atoms with van der Waals surface area (Å²) >= 11 is 7.86.